The molecule has 0 aliphatic carbocycles. The highest BCUT2D eigenvalue weighted by atomic mass is 16.2. The normalized spacial score (nSPS) is 11.9. The van der Waals surface area contributed by atoms with E-state index in [0.29, 0.717) is 17.7 Å². The SMILES string of the molecule is CC[C@H](C)NC(=O)c1ccc(CNC(=O)c2cc(C(C)C)[nH]c(=O)c2)cc1. The third-order valence-electron chi connectivity index (χ3n) is 4.41. The molecule has 0 aliphatic heterocycles. The Bertz CT molecular complexity index is 854. The molecule has 1 aromatic heterocycles. The van der Waals surface area contributed by atoms with Gasteiger partial charge in [0.25, 0.3) is 11.8 Å². The second kappa shape index (κ2) is 9.16. The molecule has 0 fully saturated rings. The van der Waals surface area contributed by atoms with Crippen molar-refractivity contribution in [1.82, 2.24) is 15.6 Å². The van der Waals surface area contributed by atoms with Crippen LogP contribution in [0.5, 0.6) is 0 Å². The van der Waals surface area contributed by atoms with Gasteiger partial charge in [0.2, 0.25) is 5.56 Å². The molecule has 2 amide bonds. The molecule has 6 nitrogen and oxygen atoms in total. The molecular formula is C21H27N3O3. The van der Waals surface area contributed by atoms with Crippen LogP contribution in [-0.4, -0.2) is 22.8 Å². The van der Waals surface area contributed by atoms with E-state index in [-0.39, 0.29) is 29.3 Å². The second-order valence-electron chi connectivity index (χ2n) is 7.01. The lowest BCUT2D eigenvalue weighted by atomic mass is 10.1. The van der Waals surface area contributed by atoms with Crippen molar-refractivity contribution in [3.8, 4) is 0 Å². The molecule has 3 N–H and O–H groups in total. The molecule has 0 unspecified atom stereocenters. The lowest BCUT2D eigenvalue weighted by Gasteiger charge is -2.12. The zero-order valence-corrected chi connectivity index (χ0v) is 16.3. The number of amides is 2. The summed E-state index contributed by atoms with van der Waals surface area (Å²) in [6.07, 6.45) is 0.872. The quantitative estimate of drug-likeness (QED) is 0.701. The molecule has 2 aromatic rings. The Morgan fingerprint density at radius 1 is 1.00 bits per heavy atom. The molecule has 144 valence electrons. The van der Waals surface area contributed by atoms with Gasteiger partial charge in [-0.1, -0.05) is 32.9 Å². The van der Waals surface area contributed by atoms with Gasteiger partial charge < -0.3 is 15.6 Å². The van der Waals surface area contributed by atoms with E-state index in [1.807, 2.05) is 39.8 Å². The second-order valence-corrected chi connectivity index (χ2v) is 7.01. The number of carbonyl (C=O) groups is 2. The van der Waals surface area contributed by atoms with Crippen molar-refractivity contribution in [2.45, 2.75) is 52.6 Å². The number of nitrogens with one attached hydrogen (secondary N) is 3. The fourth-order valence-corrected chi connectivity index (χ4v) is 2.47. The lowest BCUT2D eigenvalue weighted by molar-refractivity contribution is 0.0934. The molecule has 0 saturated heterocycles. The van der Waals surface area contributed by atoms with Crippen molar-refractivity contribution in [3.63, 3.8) is 0 Å². The van der Waals surface area contributed by atoms with E-state index in [0.717, 1.165) is 17.7 Å². The Labute approximate surface area is 159 Å². The van der Waals surface area contributed by atoms with Crippen molar-refractivity contribution in [3.05, 3.63) is 69.1 Å². The number of hydrogen-bond acceptors (Lipinski definition) is 3. The summed E-state index contributed by atoms with van der Waals surface area (Å²) < 4.78 is 0. The highest BCUT2D eigenvalue weighted by Crippen LogP contribution is 2.11. The summed E-state index contributed by atoms with van der Waals surface area (Å²) in [5.74, 6) is -0.286. The van der Waals surface area contributed by atoms with Crippen LogP contribution in [0.25, 0.3) is 0 Å². The van der Waals surface area contributed by atoms with Crippen LogP contribution in [0.4, 0.5) is 0 Å². The molecule has 0 bridgehead atoms. The zero-order valence-electron chi connectivity index (χ0n) is 16.3. The number of carbonyl (C=O) groups excluding carboxylic acids is 2. The van der Waals surface area contributed by atoms with Crippen LogP contribution in [0.15, 0.2) is 41.2 Å². The van der Waals surface area contributed by atoms with Gasteiger partial charge in [-0.15, -0.1) is 0 Å². The van der Waals surface area contributed by atoms with Gasteiger partial charge >= 0.3 is 0 Å². The van der Waals surface area contributed by atoms with E-state index in [4.69, 9.17) is 0 Å². The Kier molecular flexibility index (Phi) is 6.93. The van der Waals surface area contributed by atoms with Gasteiger partial charge in [0, 0.05) is 35.5 Å². The first-order valence-electron chi connectivity index (χ1n) is 9.22. The maximum Gasteiger partial charge on any atom is 0.251 e. The largest absolute Gasteiger partial charge is 0.350 e. The molecule has 1 aromatic carbocycles. The van der Waals surface area contributed by atoms with Crippen molar-refractivity contribution in [1.29, 1.82) is 0 Å². The number of pyridine rings is 1. The van der Waals surface area contributed by atoms with Crippen LogP contribution in [0.1, 0.15) is 72.0 Å². The summed E-state index contributed by atoms with van der Waals surface area (Å²) >= 11 is 0. The van der Waals surface area contributed by atoms with Gasteiger partial charge in [-0.05, 0) is 43.0 Å². The van der Waals surface area contributed by atoms with E-state index in [2.05, 4.69) is 15.6 Å². The first-order valence-corrected chi connectivity index (χ1v) is 9.22. The predicted octanol–water partition coefficient (Wildman–Crippen LogP) is 2.96. The Morgan fingerprint density at radius 2 is 1.67 bits per heavy atom. The van der Waals surface area contributed by atoms with Crippen LogP contribution in [0.3, 0.4) is 0 Å². The zero-order chi connectivity index (χ0) is 20.0. The van der Waals surface area contributed by atoms with Gasteiger partial charge in [0.15, 0.2) is 0 Å². The van der Waals surface area contributed by atoms with Crippen molar-refractivity contribution in [2.24, 2.45) is 0 Å². The molecule has 1 heterocycles. The molecule has 0 aliphatic rings. The smallest absolute Gasteiger partial charge is 0.251 e. The van der Waals surface area contributed by atoms with Crippen LogP contribution >= 0.6 is 0 Å². The van der Waals surface area contributed by atoms with Crippen LogP contribution in [-0.2, 0) is 6.54 Å². The van der Waals surface area contributed by atoms with Gasteiger partial charge in [0.1, 0.15) is 0 Å². The molecular weight excluding hydrogens is 342 g/mol. The molecule has 1 atom stereocenters. The van der Waals surface area contributed by atoms with Gasteiger partial charge in [0.05, 0.1) is 0 Å². The first-order chi connectivity index (χ1) is 12.8. The van der Waals surface area contributed by atoms with Crippen molar-refractivity contribution < 1.29 is 9.59 Å². The summed E-state index contributed by atoms with van der Waals surface area (Å²) in [6, 6.07) is 10.2. The fourth-order valence-electron chi connectivity index (χ4n) is 2.47. The molecule has 27 heavy (non-hydrogen) atoms. The average molecular weight is 369 g/mol. The predicted molar refractivity (Wildman–Crippen MR) is 106 cm³/mol. The number of aromatic nitrogens is 1. The highest BCUT2D eigenvalue weighted by molar-refractivity contribution is 5.95. The van der Waals surface area contributed by atoms with Crippen LogP contribution < -0.4 is 16.2 Å². The van der Waals surface area contributed by atoms with Crippen LogP contribution in [0, 0.1) is 0 Å². The number of rotatable bonds is 7. The average Bonchev–Trinajstić information content (AvgIpc) is 2.65. The van der Waals surface area contributed by atoms with E-state index in [1.54, 1.807) is 18.2 Å². The number of H-pyrrole nitrogens is 1. The minimum Gasteiger partial charge on any atom is -0.350 e. The molecule has 0 radical (unpaired) electrons. The maximum atomic E-state index is 12.3. The van der Waals surface area contributed by atoms with Crippen LogP contribution in [0.2, 0.25) is 0 Å². The number of aromatic amines is 1. The first kappa shape index (κ1) is 20.4. The summed E-state index contributed by atoms with van der Waals surface area (Å²) in [5.41, 5.74) is 2.23. The van der Waals surface area contributed by atoms with Crippen molar-refractivity contribution in [2.75, 3.05) is 0 Å². The highest BCUT2D eigenvalue weighted by Gasteiger charge is 2.11. The molecule has 2 rings (SSSR count). The van der Waals surface area contributed by atoms with E-state index in [9.17, 15) is 14.4 Å². The summed E-state index contributed by atoms with van der Waals surface area (Å²) in [7, 11) is 0. The third-order valence-corrected chi connectivity index (χ3v) is 4.41. The number of hydrogen-bond donors (Lipinski definition) is 3. The van der Waals surface area contributed by atoms with E-state index in [1.165, 1.54) is 6.07 Å². The summed E-state index contributed by atoms with van der Waals surface area (Å²) in [4.78, 5) is 38.9. The van der Waals surface area contributed by atoms with Gasteiger partial charge in [-0.25, -0.2) is 0 Å². The van der Waals surface area contributed by atoms with Gasteiger partial charge in [-0.2, -0.15) is 0 Å². The third kappa shape index (κ3) is 5.81. The maximum absolute atomic E-state index is 12.3. The lowest BCUT2D eigenvalue weighted by Crippen LogP contribution is -2.31. The van der Waals surface area contributed by atoms with E-state index < -0.39 is 0 Å². The topological polar surface area (TPSA) is 91.1 Å². The fraction of sp³-hybridized carbons (Fsp3) is 0.381. The standard InChI is InChI=1S/C21H27N3O3/c1-5-14(4)23-21(27)16-8-6-15(7-9-16)12-22-20(26)17-10-18(13(2)3)24-19(25)11-17/h6-11,13-14H,5,12H2,1-4H3,(H,22,26)(H,23,27)(H,24,25)/t14-/m0/s1. The Balaban J connectivity index is 1.99. The van der Waals surface area contributed by atoms with Gasteiger partial charge in [-0.3, -0.25) is 14.4 Å². The monoisotopic (exact) mass is 369 g/mol. The van der Waals surface area contributed by atoms with Crippen molar-refractivity contribution >= 4 is 11.8 Å². The number of benzene rings is 1. The summed E-state index contributed by atoms with van der Waals surface area (Å²) in [5, 5.41) is 5.72. The van der Waals surface area contributed by atoms with E-state index >= 15 is 0 Å². The summed E-state index contributed by atoms with van der Waals surface area (Å²) in [6.45, 7) is 8.19. The Morgan fingerprint density at radius 3 is 2.26 bits per heavy atom. The molecule has 0 saturated carbocycles. The molecule has 6 heteroatoms. The Hall–Kier alpha value is -2.89. The minimum absolute atomic E-state index is 0.107. The molecule has 0 spiro atoms. The minimum atomic E-state index is -0.304.